The van der Waals surface area contributed by atoms with E-state index in [9.17, 15) is 5.26 Å². The Morgan fingerprint density at radius 2 is 2.14 bits per heavy atom. The molecule has 0 aliphatic carbocycles. The van der Waals surface area contributed by atoms with E-state index in [0.717, 1.165) is 33.3 Å². The molecule has 0 radical (unpaired) electrons. The SMILES string of the molecule is CCc1c(C)nc(N)c(C#N)c1-c1cc(Br)ccc1OC. The van der Waals surface area contributed by atoms with Gasteiger partial charge in [-0.2, -0.15) is 5.26 Å². The van der Waals surface area contributed by atoms with Gasteiger partial charge in [0.2, 0.25) is 0 Å². The van der Waals surface area contributed by atoms with Crippen LogP contribution < -0.4 is 10.5 Å². The van der Waals surface area contributed by atoms with E-state index in [2.05, 4.69) is 27.0 Å². The van der Waals surface area contributed by atoms with Crippen LogP contribution in [0.4, 0.5) is 5.82 Å². The highest BCUT2D eigenvalue weighted by Gasteiger charge is 2.20. The van der Waals surface area contributed by atoms with E-state index < -0.39 is 0 Å². The predicted octanol–water partition coefficient (Wildman–Crippen LogP) is 3.84. The van der Waals surface area contributed by atoms with E-state index in [-0.39, 0.29) is 5.82 Å². The third-order valence-corrected chi connectivity index (χ3v) is 3.92. The van der Waals surface area contributed by atoms with Crippen LogP contribution in [-0.4, -0.2) is 12.1 Å². The van der Waals surface area contributed by atoms with Gasteiger partial charge in [-0.15, -0.1) is 0 Å². The number of methoxy groups -OCH3 is 1. The lowest BCUT2D eigenvalue weighted by atomic mass is 9.92. The number of nitrogens with two attached hydrogens (primary N) is 1. The van der Waals surface area contributed by atoms with Crippen LogP contribution in [-0.2, 0) is 6.42 Å². The molecule has 0 amide bonds. The Balaban J connectivity index is 2.92. The number of nitriles is 1. The van der Waals surface area contributed by atoms with Gasteiger partial charge < -0.3 is 10.5 Å². The zero-order chi connectivity index (χ0) is 15.6. The van der Waals surface area contributed by atoms with Crippen molar-refractivity contribution in [3.05, 3.63) is 39.5 Å². The van der Waals surface area contributed by atoms with Crippen LogP contribution in [0, 0.1) is 18.3 Å². The van der Waals surface area contributed by atoms with Crippen LogP contribution in [0.25, 0.3) is 11.1 Å². The monoisotopic (exact) mass is 345 g/mol. The van der Waals surface area contributed by atoms with Crippen molar-refractivity contribution in [3.63, 3.8) is 0 Å². The van der Waals surface area contributed by atoms with Gasteiger partial charge in [0.25, 0.3) is 0 Å². The molecule has 1 aromatic heterocycles. The van der Waals surface area contributed by atoms with Gasteiger partial charge in [-0.1, -0.05) is 22.9 Å². The zero-order valence-corrected chi connectivity index (χ0v) is 13.8. The molecule has 0 bridgehead atoms. The number of halogens is 1. The van der Waals surface area contributed by atoms with E-state index in [4.69, 9.17) is 10.5 Å². The van der Waals surface area contributed by atoms with Crippen molar-refractivity contribution in [2.75, 3.05) is 12.8 Å². The molecule has 0 aliphatic heterocycles. The summed E-state index contributed by atoms with van der Waals surface area (Å²) in [5, 5.41) is 9.48. The normalized spacial score (nSPS) is 10.2. The summed E-state index contributed by atoms with van der Waals surface area (Å²) in [6.07, 6.45) is 0.763. The summed E-state index contributed by atoms with van der Waals surface area (Å²) >= 11 is 3.47. The molecule has 108 valence electrons. The standard InChI is InChI=1S/C16H16BrN3O/c1-4-11-9(2)20-16(19)13(8-18)15(11)12-7-10(17)5-6-14(12)21-3/h5-7H,4H2,1-3H3,(H2,19,20). The summed E-state index contributed by atoms with van der Waals surface area (Å²) in [5.41, 5.74) is 9.84. The van der Waals surface area contributed by atoms with Gasteiger partial charge in [0.15, 0.2) is 0 Å². The van der Waals surface area contributed by atoms with E-state index >= 15 is 0 Å². The first-order valence-electron chi connectivity index (χ1n) is 6.56. The maximum absolute atomic E-state index is 9.48. The molecule has 1 heterocycles. The van der Waals surface area contributed by atoms with Crippen molar-refractivity contribution in [2.45, 2.75) is 20.3 Å². The zero-order valence-electron chi connectivity index (χ0n) is 12.2. The first kappa shape index (κ1) is 15.3. The van der Waals surface area contributed by atoms with Crippen LogP contribution in [0.3, 0.4) is 0 Å². The Labute approximate surface area is 132 Å². The van der Waals surface area contributed by atoms with Gasteiger partial charge in [0, 0.05) is 21.3 Å². The van der Waals surface area contributed by atoms with E-state index in [1.807, 2.05) is 32.0 Å². The molecule has 2 rings (SSSR count). The molecule has 0 unspecified atom stereocenters. The first-order chi connectivity index (χ1) is 10.0. The van der Waals surface area contributed by atoms with Crippen LogP contribution in [0.5, 0.6) is 5.75 Å². The number of ether oxygens (including phenoxy) is 1. The summed E-state index contributed by atoms with van der Waals surface area (Å²) in [6, 6.07) is 7.88. The Hall–Kier alpha value is -2.06. The number of nitrogen functional groups attached to an aromatic ring is 1. The van der Waals surface area contributed by atoms with Gasteiger partial charge >= 0.3 is 0 Å². The number of nitrogens with zero attached hydrogens (tertiary/aromatic N) is 2. The van der Waals surface area contributed by atoms with Crippen molar-refractivity contribution in [2.24, 2.45) is 0 Å². The highest BCUT2D eigenvalue weighted by atomic mass is 79.9. The Morgan fingerprint density at radius 1 is 1.43 bits per heavy atom. The summed E-state index contributed by atoms with van der Waals surface area (Å²) in [7, 11) is 1.61. The summed E-state index contributed by atoms with van der Waals surface area (Å²) in [4.78, 5) is 4.28. The molecule has 4 nitrogen and oxygen atoms in total. The van der Waals surface area contributed by atoms with Crippen LogP contribution in [0.1, 0.15) is 23.7 Å². The molecule has 5 heteroatoms. The van der Waals surface area contributed by atoms with Crippen molar-refractivity contribution in [1.29, 1.82) is 5.26 Å². The highest BCUT2D eigenvalue weighted by molar-refractivity contribution is 9.10. The van der Waals surface area contributed by atoms with Crippen LogP contribution >= 0.6 is 15.9 Å². The molecule has 2 aromatic rings. The maximum atomic E-state index is 9.48. The minimum atomic E-state index is 0.254. The van der Waals surface area contributed by atoms with Crippen molar-refractivity contribution >= 4 is 21.7 Å². The van der Waals surface area contributed by atoms with Gasteiger partial charge in [-0.05, 0) is 37.1 Å². The average molecular weight is 346 g/mol. The summed E-state index contributed by atoms with van der Waals surface area (Å²) < 4.78 is 6.36. The molecule has 0 aliphatic rings. The van der Waals surface area contributed by atoms with Crippen molar-refractivity contribution < 1.29 is 4.74 Å². The maximum Gasteiger partial charge on any atom is 0.142 e. The average Bonchev–Trinajstić information content (AvgIpc) is 2.46. The number of anilines is 1. The van der Waals surface area contributed by atoms with Gasteiger partial charge in [-0.25, -0.2) is 4.98 Å². The molecule has 0 fully saturated rings. The lowest BCUT2D eigenvalue weighted by Gasteiger charge is -2.17. The molecule has 0 saturated heterocycles. The molecular weight excluding hydrogens is 330 g/mol. The van der Waals surface area contributed by atoms with Gasteiger partial charge in [-0.3, -0.25) is 0 Å². The molecule has 21 heavy (non-hydrogen) atoms. The lowest BCUT2D eigenvalue weighted by molar-refractivity contribution is 0.416. The lowest BCUT2D eigenvalue weighted by Crippen LogP contribution is -2.05. The Bertz CT molecular complexity index is 735. The van der Waals surface area contributed by atoms with Crippen molar-refractivity contribution in [1.82, 2.24) is 4.98 Å². The number of pyridine rings is 1. The third-order valence-electron chi connectivity index (χ3n) is 3.43. The quantitative estimate of drug-likeness (QED) is 0.916. The first-order valence-corrected chi connectivity index (χ1v) is 7.35. The number of benzene rings is 1. The van der Waals surface area contributed by atoms with Crippen LogP contribution in [0.15, 0.2) is 22.7 Å². The number of hydrogen-bond acceptors (Lipinski definition) is 4. The molecular formula is C16H16BrN3O. The molecule has 0 atom stereocenters. The van der Waals surface area contributed by atoms with Gasteiger partial charge in [0.05, 0.1) is 7.11 Å². The minimum Gasteiger partial charge on any atom is -0.496 e. The third kappa shape index (κ3) is 2.72. The smallest absolute Gasteiger partial charge is 0.142 e. The minimum absolute atomic E-state index is 0.254. The fourth-order valence-corrected chi connectivity index (χ4v) is 2.84. The summed E-state index contributed by atoms with van der Waals surface area (Å²) in [5.74, 6) is 0.957. The van der Waals surface area contributed by atoms with Crippen molar-refractivity contribution in [3.8, 4) is 22.9 Å². The van der Waals surface area contributed by atoms with E-state index in [0.29, 0.717) is 11.3 Å². The highest BCUT2D eigenvalue weighted by Crippen LogP contribution is 2.39. The largest absolute Gasteiger partial charge is 0.496 e. The number of hydrogen-bond donors (Lipinski definition) is 1. The molecule has 2 N–H and O–H groups in total. The molecule has 0 saturated carbocycles. The fourth-order valence-electron chi connectivity index (χ4n) is 2.48. The predicted molar refractivity (Wildman–Crippen MR) is 87.2 cm³/mol. The summed E-state index contributed by atoms with van der Waals surface area (Å²) in [6.45, 7) is 3.94. The van der Waals surface area contributed by atoms with E-state index in [1.54, 1.807) is 7.11 Å². The van der Waals surface area contributed by atoms with Gasteiger partial charge in [0.1, 0.15) is 23.2 Å². The Morgan fingerprint density at radius 3 is 2.71 bits per heavy atom. The second kappa shape index (κ2) is 6.15. The second-order valence-electron chi connectivity index (χ2n) is 4.62. The number of aryl methyl sites for hydroxylation is 1. The fraction of sp³-hybridized carbons (Fsp3) is 0.250. The second-order valence-corrected chi connectivity index (χ2v) is 5.54. The number of rotatable bonds is 3. The van der Waals surface area contributed by atoms with Crippen LogP contribution in [0.2, 0.25) is 0 Å². The van der Waals surface area contributed by atoms with E-state index in [1.165, 1.54) is 0 Å². The molecule has 1 aromatic carbocycles. The Kier molecular flexibility index (Phi) is 4.49. The topological polar surface area (TPSA) is 71.9 Å². The molecule has 0 spiro atoms. The number of aromatic nitrogens is 1.